The summed E-state index contributed by atoms with van der Waals surface area (Å²) in [6.07, 6.45) is 0. The van der Waals surface area contributed by atoms with E-state index in [1.54, 1.807) is 46.8 Å². The van der Waals surface area contributed by atoms with Crippen LogP contribution in [0, 0.1) is 20.8 Å². The number of benzene rings is 1. The fourth-order valence-corrected chi connectivity index (χ4v) is 3.37. The number of aryl methyl sites for hydroxylation is 3. The molecule has 0 spiro atoms. The van der Waals surface area contributed by atoms with Crippen molar-refractivity contribution in [2.24, 2.45) is 0 Å². The first-order valence-corrected chi connectivity index (χ1v) is 8.10. The molecule has 0 aromatic heterocycles. The fourth-order valence-electron chi connectivity index (χ4n) is 2.01. The van der Waals surface area contributed by atoms with E-state index in [2.05, 4.69) is 0 Å². The Labute approximate surface area is 130 Å². The molecular weight excluding hydrogens is 308 g/mol. The van der Waals surface area contributed by atoms with Crippen molar-refractivity contribution < 1.29 is 23.3 Å². The maximum atomic E-state index is 12.4. The lowest BCUT2D eigenvalue weighted by molar-refractivity contribution is -0.0716. The van der Waals surface area contributed by atoms with E-state index < -0.39 is 21.7 Å². The highest BCUT2D eigenvalue weighted by molar-refractivity contribution is 7.89. The maximum Gasteiger partial charge on any atom is 0.380 e. The van der Waals surface area contributed by atoms with Gasteiger partial charge in [-0.15, -0.1) is 0 Å². The van der Waals surface area contributed by atoms with Crippen LogP contribution in [0.4, 0.5) is 4.79 Å². The van der Waals surface area contributed by atoms with Gasteiger partial charge in [0.1, 0.15) is 0 Å². The summed E-state index contributed by atoms with van der Waals surface area (Å²) in [5, 5.41) is 9.77. The van der Waals surface area contributed by atoms with Gasteiger partial charge in [0, 0.05) is 0 Å². The zero-order chi connectivity index (χ0) is 17.3. The average Bonchev–Trinajstić information content (AvgIpc) is 2.32. The van der Waals surface area contributed by atoms with Crippen LogP contribution in [0.2, 0.25) is 0 Å². The predicted molar refractivity (Wildman–Crippen MR) is 80.8 cm³/mol. The summed E-state index contributed by atoms with van der Waals surface area (Å²) in [4.78, 5) is 16.6. The number of amides is 2. The molecular formula is C14H22N2O5S. The molecule has 0 fully saturated rings. The summed E-state index contributed by atoms with van der Waals surface area (Å²) in [5.74, 6) is 0. The van der Waals surface area contributed by atoms with Crippen molar-refractivity contribution in [1.29, 1.82) is 0 Å². The second-order valence-electron chi connectivity index (χ2n) is 6.10. The Morgan fingerprint density at radius 1 is 1.18 bits per heavy atom. The molecule has 0 heterocycles. The minimum absolute atomic E-state index is 0.105. The van der Waals surface area contributed by atoms with Crippen molar-refractivity contribution >= 4 is 16.1 Å². The van der Waals surface area contributed by atoms with Gasteiger partial charge in [-0.05, 0) is 52.7 Å². The van der Waals surface area contributed by atoms with Gasteiger partial charge in [0.15, 0.2) is 0 Å². The Morgan fingerprint density at radius 2 is 1.64 bits per heavy atom. The molecule has 2 N–H and O–H groups in total. The van der Waals surface area contributed by atoms with Crippen LogP contribution < -0.4 is 5.48 Å². The molecule has 22 heavy (non-hydrogen) atoms. The first kappa shape index (κ1) is 18.4. The molecule has 0 atom stereocenters. The molecule has 0 radical (unpaired) electrons. The predicted octanol–water partition coefficient (Wildman–Crippen LogP) is 2.43. The highest BCUT2D eigenvalue weighted by Gasteiger charge is 2.32. The molecule has 1 aromatic carbocycles. The number of hydrogen-bond acceptors (Lipinski definition) is 5. The van der Waals surface area contributed by atoms with Crippen LogP contribution in [0.25, 0.3) is 0 Å². The molecule has 0 saturated carbocycles. The highest BCUT2D eigenvalue weighted by Crippen LogP contribution is 2.24. The Balaban J connectivity index is 3.12. The molecule has 2 amide bonds. The first-order chi connectivity index (χ1) is 9.86. The summed E-state index contributed by atoms with van der Waals surface area (Å²) >= 11 is 0. The summed E-state index contributed by atoms with van der Waals surface area (Å²) in [6, 6.07) is 2.04. The number of hydroxylamine groups is 2. The van der Waals surface area contributed by atoms with Gasteiger partial charge in [-0.1, -0.05) is 22.2 Å². The smallest absolute Gasteiger partial charge is 0.270 e. The number of nitrogens with zero attached hydrogens (tertiary/aromatic N) is 1. The van der Waals surface area contributed by atoms with E-state index in [4.69, 9.17) is 4.84 Å². The number of nitrogens with one attached hydrogen (secondary N) is 1. The third-order valence-corrected chi connectivity index (χ3v) is 4.49. The van der Waals surface area contributed by atoms with E-state index in [1.165, 1.54) is 0 Å². The van der Waals surface area contributed by atoms with E-state index in [-0.39, 0.29) is 9.36 Å². The summed E-state index contributed by atoms with van der Waals surface area (Å²) in [5.41, 5.74) is 2.96. The molecule has 0 bridgehead atoms. The van der Waals surface area contributed by atoms with Gasteiger partial charge in [-0.2, -0.15) is 8.42 Å². The Hall–Kier alpha value is -1.64. The average molecular weight is 330 g/mol. The number of rotatable bonds is 3. The topological polar surface area (TPSA) is 95.9 Å². The Kier molecular flexibility index (Phi) is 5.21. The lowest BCUT2D eigenvalue weighted by Crippen LogP contribution is -2.44. The van der Waals surface area contributed by atoms with Crippen molar-refractivity contribution in [2.45, 2.75) is 52.0 Å². The Morgan fingerprint density at radius 3 is 2.05 bits per heavy atom. The zero-order valence-electron chi connectivity index (χ0n) is 13.6. The van der Waals surface area contributed by atoms with Crippen LogP contribution in [0.3, 0.4) is 0 Å². The summed E-state index contributed by atoms with van der Waals surface area (Å²) in [7, 11) is -4.39. The highest BCUT2D eigenvalue weighted by atomic mass is 32.2. The van der Waals surface area contributed by atoms with Crippen LogP contribution in [-0.4, -0.2) is 29.7 Å². The minimum Gasteiger partial charge on any atom is -0.270 e. The molecule has 7 nitrogen and oxygen atoms in total. The largest absolute Gasteiger partial charge is 0.380 e. The summed E-state index contributed by atoms with van der Waals surface area (Å²) < 4.78 is 24.5. The van der Waals surface area contributed by atoms with E-state index in [0.29, 0.717) is 11.1 Å². The maximum absolute atomic E-state index is 12.4. The minimum atomic E-state index is -4.39. The summed E-state index contributed by atoms with van der Waals surface area (Å²) in [6.45, 7) is 10.0. The molecule has 0 unspecified atom stereocenters. The van der Waals surface area contributed by atoms with Crippen LogP contribution >= 0.6 is 0 Å². The number of sulfonamides is 1. The first-order valence-electron chi connectivity index (χ1n) is 6.66. The molecule has 0 saturated heterocycles. The standard InChI is InChI=1S/C14H22N2O5S/c1-9-7-10(2)12(11(3)8-9)22(19,20)16(18)13(17)15-21-14(4,5)6/h7-8,18H,1-6H3,(H,15,17). The fraction of sp³-hybridized carbons (Fsp3) is 0.500. The SMILES string of the molecule is Cc1cc(C)c(S(=O)(=O)N(O)C(=O)NOC(C)(C)C)c(C)c1. The normalized spacial score (nSPS) is 12.1. The third-order valence-electron chi connectivity index (χ3n) is 2.71. The quantitative estimate of drug-likeness (QED) is 0.655. The van der Waals surface area contributed by atoms with E-state index in [1.807, 2.05) is 12.4 Å². The lowest BCUT2D eigenvalue weighted by Gasteiger charge is -2.22. The van der Waals surface area contributed by atoms with Crippen LogP contribution in [-0.2, 0) is 14.9 Å². The number of carbonyl (C=O) groups is 1. The van der Waals surface area contributed by atoms with Gasteiger partial charge in [0.05, 0.1) is 10.5 Å². The third kappa shape index (κ3) is 4.19. The molecule has 0 aliphatic carbocycles. The number of hydrogen-bond donors (Lipinski definition) is 2. The monoisotopic (exact) mass is 330 g/mol. The molecule has 8 heteroatoms. The van der Waals surface area contributed by atoms with Gasteiger partial charge in [-0.25, -0.2) is 10.3 Å². The zero-order valence-corrected chi connectivity index (χ0v) is 14.4. The molecule has 0 aliphatic rings. The molecule has 124 valence electrons. The second kappa shape index (κ2) is 6.23. The van der Waals surface area contributed by atoms with Gasteiger partial charge in [-0.3, -0.25) is 10.0 Å². The van der Waals surface area contributed by atoms with Gasteiger partial charge >= 0.3 is 6.03 Å². The molecule has 1 aromatic rings. The van der Waals surface area contributed by atoms with Crippen LogP contribution in [0.15, 0.2) is 17.0 Å². The molecule has 0 aliphatic heterocycles. The van der Waals surface area contributed by atoms with Crippen LogP contribution in [0.1, 0.15) is 37.5 Å². The van der Waals surface area contributed by atoms with Crippen molar-refractivity contribution in [1.82, 2.24) is 9.95 Å². The van der Waals surface area contributed by atoms with Gasteiger partial charge < -0.3 is 0 Å². The van der Waals surface area contributed by atoms with E-state index in [0.717, 1.165) is 5.56 Å². The lowest BCUT2D eigenvalue weighted by atomic mass is 10.1. The van der Waals surface area contributed by atoms with E-state index >= 15 is 0 Å². The second-order valence-corrected chi connectivity index (χ2v) is 7.80. The van der Waals surface area contributed by atoms with Crippen molar-refractivity contribution in [3.8, 4) is 0 Å². The number of carbonyl (C=O) groups excluding carboxylic acids is 1. The van der Waals surface area contributed by atoms with Crippen molar-refractivity contribution in [3.63, 3.8) is 0 Å². The van der Waals surface area contributed by atoms with Crippen molar-refractivity contribution in [3.05, 3.63) is 28.8 Å². The van der Waals surface area contributed by atoms with Gasteiger partial charge in [0.25, 0.3) is 10.0 Å². The van der Waals surface area contributed by atoms with Gasteiger partial charge in [0.2, 0.25) is 0 Å². The van der Waals surface area contributed by atoms with Crippen LogP contribution in [0.5, 0.6) is 0 Å². The number of urea groups is 1. The molecule has 1 rings (SSSR count). The van der Waals surface area contributed by atoms with E-state index in [9.17, 15) is 18.4 Å². The Bertz CT molecular complexity index is 654. The van der Waals surface area contributed by atoms with Crippen molar-refractivity contribution in [2.75, 3.05) is 0 Å².